The van der Waals surface area contributed by atoms with Crippen LogP contribution >= 0.6 is 12.4 Å². The number of nitrogens with zero attached hydrogens (tertiary/aromatic N) is 1. The van der Waals surface area contributed by atoms with Crippen LogP contribution < -0.4 is 5.32 Å². The van der Waals surface area contributed by atoms with Gasteiger partial charge in [0.05, 0.1) is 18.8 Å². The number of halogens is 1. The van der Waals surface area contributed by atoms with Crippen molar-refractivity contribution in [3.8, 4) is 0 Å². The van der Waals surface area contributed by atoms with Gasteiger partial charge in [-0.1, -0.05) is 0 Å². The second-order valence-corrected chi connectivity index (χ2v) is 5.13. The number of rotatable bonds is 4. The van der Waals surface area contributed by atoms with Crippen LogP contribution in [-0.4, -0.2) is 49.2 Å². The van der Waals surface area contributed by atoms with Gasteiger partial charge in [-0.05, 0) is 39.2 Å². The molecule has 0 bridgehead atoms. The van der Waals surface area contributed by atoms with E-state index in [1.54, 1.807) is 0 Å². The van der Waals surface area contributed by atoms with Gasteiger partial charge in [0.1, 0.15) is 0 Å². The molecule has 2 rings (SSSR count). The molecule has 17 heavy (non-hydrogen) atoms. The monoisotopic (exact) mass is 262 g/mol. The van der Waals surface area contributed by atoms with Gasteiger partial charge >= 0.3 is 0 Å². The van der Waals surface area contributed by atoms with Crippen LogP contribution in [0.25, 0.3) is 0 Å². The van der Waals surface area contributed by atoms with E-state index in [0.717, 1.165) is 25.6 Å². The first-order valence-electron chi connectivity index (χ1n) is 6.29. The van der Waals surface area contributed by atoms with Crippen LogP contribution in [0.2, 0.25) is 0 Å². The summed E-state index contributed by atoms with van der Waals surface area (Å²) in [6, 6.07) is 0. The largest absolute Gasteiger partial charge is 0.372 e. The second-order valence-electron chi connectivity index (χ2n) is 5.13. The van der Waals surface area contributed by atoms with Crippen molar-refractivity contribution in [3.05, 3.63) is 0 Å². The van der Waals surface area contributed by atoms with Gasteiger partial charge < -0.3 is 15.0 Å². The molecule has 100 valence electrons. The molecule has 1 aliphatic heterocycles. The molecule has 1 heterocycles. The number of hydrogen-bond donors (Lipinski definition) is 1. The number of nitrogens with one attached hydrogen (secondary N) is 1. The van der Waals surface area contributed by atoms with Gasteiger partial charge in [0.25, 0.3) is 0 Å². The van der Waals surface area contributed by atoms with E-state index in [4.69, 9.17) is 4.74 Å². The number of hydrogen-bond acceptors (Lipinski definition) is 3. The van der Waals surface area contributed by atoms with Gasteiger partial charge in [-0.3, -0.25) is 4.79 Å². The third kappa shape index (κ3) is 4.82. The smallest absolute Gasteiger partial charge is 0.236 e. The highest BCUT2D eigenvalue weighted by Crippen LogP contribution is 2.27. The lowest BCUT2D eigenvalue weighted by molar-refractivity contribution is -0.142. The zero-order chi connectivity index (χ0) is 11.5. The summed E-state index contributed by atoms with van der Waals surface area (Å²) >= 11 is 0. The number of carbonyl (C=O) groups is 1. The SMILES string of the molecule is C[C@@H]1CN(C(=O)CNCC2CC2)C[C@H](C)O1.Cl. The fraction of sp³-hybridized carbons (Fsp3) is 0.917. The quantitative estimate of drug-likeness (QED) is 0.823. The van der Waals surface area contributed by atoms with Crippen LogP contribution in [-0.2, 0) is 9.53 Å². The molecule has 2 aliphatic rings. The molecule has 0 aromatic heterocycles. The Kier molecular flexibility index (Phi) is 5.70. The van der Waals surface area contributed by atoms with E-state index in [1.165, 1.54) is 12.8 Å². The van der Waals surface area contributed by atoms with E-state index in [1.807, 2.05) is 18.7 Å². The number of ether oxygens (including phenoxy) is 1. The first-order valence-corrected chi connectivity index (χ1v) is 6.29. The lowest BCUT2D eigenvalue weighted by Crippen LogP contribution is -2.50. The van der Waals surface area contributed by atoms with Crippen molar-refractivity contribution in [2.45, 2.75) is 38.9 Å². The van der Waals surface area contributed by atoms with Crippen molar-refractivity contribution in [2.75, 3.05) is 26.2 Å². The molecule has 4 nitrogen and oxygen atoms in total. The Labute approximate surface area is 109 Å². The van der Waals surface area contributed by atoms with E-state index in [2.05, 4.69) is 5.32 Å². The van der Waals surface area contributed by atoms with Crippen molar-refractivity contribution in [2.24, 2.45) is 5.92 Å². The Morgan fingerprint density at radius 2 is 1.88 bits per heavy atom. The van der Waals surface area contributed by atoms with E-state index < -0.39 is 0 Å². The molecule has 2 atom stereocenters. The molecule has 1 aliphatic carbocycles. The molecule has 0 aromatic rings. The summed E-state index contributed by atoms with van der Waals surface area (Å²) in [5, 5.41) is 3.24. The van der Waals surface area contributed by atoms with Crippen molar-refractivity contribution < 1.29 is 9.53 Å². The van der Waals surface area contributed by atoms with Crippen molar-refractivity contribution in [1.29, 1.82) is 0 Å². The van der Waals surface area contributed by atoms with Crippen molar-refractivity contribution in [1.82, 2.24) is 10.2 Å². The fourth-order valence-corrected chi connectivity index (χ4v) is 2.20. The summed E-state index contributed by atoms with van der Waals surface area (Å²) in [6.45, 7) is 6.99. The van der Waals surface area contributed by atoms with Crippen molar-refractivity contribution >= 4 is 18.3 Å². The normalized spacial score (nSPS) is 28.7. The minimum atomic E-state index is 0. The van der Waals surface area contributed by atoms with Crippen LogP contribution in [0, 0.1) is 5.92 Å². The predicted molar refractivity (Wildman–Crippen MR) is 69.4 cm³/mol. The van der Waals surface area contributed by atoms with Crippen LogP contribution in [0.15, 0.2) is 0 Å². The van der Waals surface area contributed by atoms with Crippen molar-refractivity contribution in [3.63, 3.8) is 0 Å². The van der Waals surface area contributed by atoms with Gasteiger partial charge in [0.2, 0.25) is 5.91 Å². The van der Waals surface area contributed by atoms with Crippen LogP contribution in [0.3, 0.4) is 0 Å². The number of carbonyl (C=O) groups excluding carboxylic acids is 1. The molecule has 2 fully saturated rings. The lowest BCUT2D eigenvalue weighted by atomic mass is 10.2. The van der Waals surface area contributed by atoms with Gasteiger partial charge in [0, 0.05) is 13.1 Å². The summed E-state index contributed by atoms with van der Waals surface area (Å²) in [7, 11) is 0. The highest BCUT2D eigenvalue weighted by Gasteiger charge is 2.26. The summed E-state index contributed by atoms with van der Waals surface area (Å²) in [4.78, 5) is 13.8. The summed E-state index contributed by atoms with van der Waals surface area (Å²) < 4.78 is 5.60. The third-order valence-electron chi connectivity index (χ3n) is 3.18. The Hall–Kier alpha value is -0.320. The maximum Gasteiger partial charge on any atom is 0.236 e. The zero-order valence-corrected chi connectivity index (χ0v) is 11.5. The Balaban J connectivity index is 0.00000144. The minimum Gasteiger partial charge on any atom is -0.372 e. The van der Waals surface area contributed by atoms with Crippen LogP contribution in [0.1, 0.15) is 26.7 Å². The molecule has 1 saturated carbocycles. The first-order chi connectivity index (χ1) is 7.65. The maximum atomic E-state index is 11.9. The predicted octanol–water partition coefficient (Wildman–Crippen LogP) is 1.04. The molecular weight excluding hydrogens is 240 g/mol. The number of morpholine rings is 1. The highest BCUT2D eigenvalue weighted by atomic mass is 35.5. The lowest BCUT2D eigenvalue weighted by Gasteiger charge is -2.35. The molecule has 1 saturated heterocycles. The van der Waals surface area contributed by atoms with Gasteiger partial charge in [-0.25, -0.2) is 0 Å². The van der Waals surface area contributed by atoms with E-state index >= 15 is 0 Å². The average molecular weight is 263 g/mol. The molecule has 0 radical (unpaired) electrons. The highest BCUT2D eigenvalue weighted by molar-refractivity contribution is 5.85. The summed E-state index contributed by atoms with van der Waals surface area (Å²) in [5.41, 5.74) is 0. The van der Waals surface area contributed by atoms with E-state index in [0.29, 0.717) is 6.54 Å². The number of amides is 1. The maximum absolute atomic E-state index is 11.9. The Morgan fingerprint density at radius 1 is 1.29 bits per heavy atom. The van der Waals surface area contributed by atoms with E-state index in [-0.39, 0.29) is 30.5 Å². The molecule has 0 aromatic carbocycles. The first kappa shape index (κ1) is 14.7. The summed E-state index contributed by atoms with van der Waals surface area (Å²) in [5.74, 6) is 1.04. The Morgan fingerprint density at radius 3 is 2.41 bits per heavy atom. The molecule has 5 heteroatoms. The fourth-order valence-electron chi connectivity index (χ4n) is 2.20. The van der Waals surface area contributed by atoms with Gasteiger partial charge in [-0.15, -0.1) is 12.4 Å². The minimum absolute atomic E-state index is 0. The van der Waals surface area contributed by atoms with Gasteiger partial charge in [-0.2, -0.15) is 0 Å². The van der Waals surface area contributed by atoms with Gasteiger partial charge in [0.15, 0.2) is 0 Å². The third-order valence-corrected chi connectivity index (χ3v) is 3.18. The standard InChI is InChI=1S/C12H22N2O2.ClH/c1-9-7-14(8-10(2)16-9)12(15)6-13-5-11-3-4-11;/h9-11,13H,3-8H2,1-2H3;1H/t9-,10+;. The average Bonchev–Trinajstić information content (AvgIpc) is 3.00. The Bertz CT molecular complexity index is 249. The molecule has 0 spiro atoms. The molecule has 1 N–H and O–H groups in total. The van der Waals surface area contributed by atoms with Crippen LogP contribution in [0.5, 0.6) is 0 Å². The van der Waals surface area contributed by atoms with Crippen LogP contribution in [0.4, 0.5) is 0 Å². The zero-order valence-electron chi connectivity index (χ0n) is 10.6. The summed E-state index contributed by atoms with van der Waals surface area (Å²) in [6.07, 6.45) is 2.98. The molecular formula is C12H23ClN2O2. The second kappa shape index (κ2) is 6.57. The molecule has 0 unspecified atom stereocenters. The molecule has 1 amide bonds. The topological polar surface area (TPSA) is 41.6 Å². The van der Waals surface area contributed by atoms with E-state index in [9.17, 15) is 4.79 Å².